The average Bonchev–Trinajstić information content (AvgIpc) is 3.58. The van der Waals surface area contributed by atoms with Crippen LogP contribution in [0.5, 0.6) is 5.75 Å². The topological polar surface area (TPSA) is 123 Å². The van der Waals surface area contributed by atoms with E-state index in [1.807, 2.05) is 36.4 Å². The smallest absolute Gasteiger partial charge is 0.345 e. The van der Waals surface area contributed by atoms with Gasteiger partial charge in [-0.1, -0.05) is 5.21 Å². The number of aromatic nitrogens is 3. The van der Waals surface area contributed by atoms with Gasteiger partial charge in [0.1, 0.15) is 17.0 Å². The summed E-state index contributed by atoms with van der Waals surface area (Å²) in [6, 6.07) is 13.5. The molecule has 0 saturated carbocycles. The minimum atomic E-state index is -0.468. The zero-order chi connectivity index (χ0) is 32.8. The minimum Gasteiger partial charge on any atom is -0.495 e. The highest BCUT2D eigenvalue weighted by molar-refractivity contribution is 5.84. The highest BCUT2D eigenvalue weighted by atomic mass is 16.6. The third-order valence-corrected chi connectivity index (χ3v) is 7.89. The van der Waals surface area contributed by atoms with E-state index in [-0.39, 0.29) is 0 Å². The molecule has 254 valence electrons. The third kappa shape index (κ3) is 9.30. The van der Waals surface area contributed by atoms with Crippen molar-refractivity contribution in [1.29, 1.82) is 0 Å². The van der Waals surface area contributed by atoms with E-state index in [1.54, 1.807) is 24.1 Å². The number of benzene rings is 2. The van der Waals surface area contributed by atoms with Crippen LogP contribution in [0.25, 0.3) is 27.9 Å². The summed E-state index contributed by atoms with van der Waals surface area (Å²) in [5.74, 6) is 0.655. The minimum absolute atomic E-state index is 0.343. The summed E-state index contributed by atoms with van der Waals surface area (Å²) in [5, 5.41) is 9.43. The number of nitrogens with zero attached hydrogens (tertiary/aromatic N) is 5. The van der Waals surface area contributed by atoms with Gasteiger partial charge in [-0.25, -0.2) is 9.48 Å². The van der Waals surface area contributed by atoms with E-state index in [1.165, 1.54) is 0 Å². The fraction of sp³-hybridized carbons (Fsp3) is 0.500. The van der Waals surface area contributed by atoms with Crippen LogP contribution in [0.3, 0.4) is 0 Å². The first-order valence-electron chi connectivity index (χ1n) is 16.2. The number of fused-ring (bicyclic) bond motifs is 1. The number of rotatable bonds is 7. The number of anilines is 2. The van der Waals surface area contributed by atoms with Gasteiger partial charge in [0.15, 0.2) is 0 Å². The zero-order valence-corrected chi connectivity index (χ0v) is 27.5. The summed E-state index contributed by atoms with van der Waals surface area (Å²) in [5.41, 5.74) is 3.46. The summed E-state index contributed by atoms with van der Waals surface area (Å²) < 4.78 is 41.5. The van der Waals surface area contributed by atoms with E-state index in [9.17, 15) is 4.79 Å². The van der Waals surface area contributed by atoms with E-state index < -0.39 is 5.63 Å². The van der Waals surface area contributed by atoms with Crippen LogP contribution in [0, 0.1) is 0 Å². The molecule has 2 aromatic heterocycles. The van der Waals surface area contributed by atoms with Crippen molar-refractivity contribution in [2.75, 3.05) is 109 Å². The van der Waals surface area contributed by atoms with Crippen LogP contribution in [-0.4, -0.2) is 114 Å². The number of hydrogen-bond donors (Lipinski definition) is 0. The van der Waals surface area contributed by atoms with Crippen molar-refractivity contribution in [1.82, 2.24) is 15.0 Å². The van der Waals surface area contributed by atoms with Gasteiger partial charge in [-0.15, -0.1) is 5.10 Å². The molecule has 4 aromatic rings. The molecular weight excluding hydrogens is 606 g/mol. The number of methoxy groups -OCH3 is 1. The monoisotopic (exact) mass is 651 g/mol. The van der Waals surface area contributed by atoms with Crippen LogP contribution in [0.4, 0.5) is 11.4 Å². The molecule has 0 atom stereocenters. The van der Waals surface area contributed by atoms with Crippen LogP contribution in [-0.2, 0) is 23.7 Å². The SMILES string of the molecule is CCN(CC)c1ccc2cc(-c3cn(-c4ccc(N5CCOCCOCCOCCOCCOCC5)c(OC)c4)nn3)c(=O)oc2c1. The van der Waals surface area contributed by atoms with Crippen molar-refractivity contribution < 1.29 is 32.8 Å². The van der Waals surface area contributed by atoms with Crippen LogP contribution >= 0.6 is 0 Å². The van der Waals surface area contributed by atoms with E-state index in [4.69, 9.17) is 32.8 Å². The number of ether oxygens (including phenoxy) is 6. The first kappa shape index (κ1) is 34.3. The molecule has 0 aliphatic carbocycles. The van der Waals surface area contributed by atoms with Crippen LogP contribution in [0.1, 0.15) is 13.8 Å². The Morgan fingerprint density at radius 1 is 0.787 bits per heavy atom. The van der Waals surface area contributed by atoms with Crippen molar-refractivity contribution in [3.8, 4) is 22.7 Å². The zero-order valence-electron chi connectivity index (χ0n) is 27.5. The summed E-state index contributed by atoms with van der Waals surface area (Å²) in [6.07, 6.45) is 1.71. The van der Waals surface area contributed by atoms with Gasteiger partial charge < -0.3 is 42.6 Å². The van der Waals surface area contributed by atoms with E-state index in [0.717, 1.165) is 35.5 Å². The van der Waals surface area contributed by atoms with Gasteiger partial charge in [-0.3, -0.25) is 0 Å². The van der Waals surface area contributed by atoms with Gasteiger partial charge in [0.2, 0.25) is 0 Å². The van der Waals surface area contributed by atoms with Gasteiger partial charge in [-0.05, 0) is 44.2 Å². The lowest BCUT2D eigenvalue weighted by Gasteiger charge is -2.27. The van der Waals surface area contributed by atoms with Gasteiger partial charge in [0.05, 0.1) is 96.3 Å². The molecule has 13 nitrogen and oxygen atoms in total. The predicted octanol–water partition coefficient (Wildman–Crippen LogP) is 3.80. The van der Waals surface area contributed by atoms with Crippen LogP contribution < -0.4 is 20.2 Å². The van der Waals surface area contributed by atoms with E-state index in [2.05, 4.69) is 34.0 Å². The molecule has 0 N–H and O–H groups in total. The Hall–Kier alpha value is -4.01. The Morgan fingerprint density at radius 2 is 1.40 bits per heavy atom. The Labute approximate surface area is 274 Å². The van der Waals surface area contributed by atoms with Crippen LogP contribution in [0.2, 0.25) is 0 Å². The second-order valence-corrected chi connectivity index (χ2v) is 10.8. The second kappa shape index (κ2) is 17.8. The standard InChI is InChI=1S/C34H45N5O8/c1-4-37(5-2)27-7-6-26-22-29(34(40)47-32(26)23-27)30-25-39(36-35-30)28-8-9-31(33(24-28)41-3)38-10-12-42-14-16-44-18-20-46-21-19-45-17-15-43-13-11-38/h6-9,22-25H,4-5,10-21H2,1-3H3. The molecule has 2 aromatic carbocycles. The van der Waals surface area contributed by atoms with Crippen molar-refractivity contribution >= 4 is 22.3 Å². The van der Waals surface area contributed by atoms with Gasteiger partial charge in [0.25, 0.3) is 0 Å². The second-order valence-electron chi connectivity index (χ2n) is 10.8. The molecule has 0 radical (unpaired) electrons. The molecule has 0 spiro atoms. The molecular formula is C34H45N5O8. The van der Waals surface area contributed by atoms with E-state index in [0.29, 0.717) is 102 Å². The lowest BCUT2D eigenvalue weighted by atomic mass is 10.1. The van der Waals surface area contributed by atoms with Crippen molar-refractivity contribution in [3.05, 3.63) is 59.1 Å². The van der Waals surface area contributed by atoms with Gasteiger partial charge >= 0.3 is 5.63 Å². The average molecular weight is 652 g/mol. The quantitative estimate of drug-likeness (QED) is 0.270. The Balaban J connectivity index is 1.31. The molecule has 3 heterocycles. The first-order chi connectivity index (χ1) is 23.1. The lowest BCUT2D eigenvalue weighted by Crippen LogP contribution is -2.32. The maximum Gasteiger partial charge on any atom is 0.345 e. The summed E-state index contributed by atoms with van der Waals surface area (Å²) >= 11 is 0. The van der Waals surface area contributed by atoms with Crippen LogP contribution in [0.15, 0.2) is 57.9 Å². The van der Waals surface area contributed by atoms with Crippen molar-refractivity contribution in [3.63, 3.8) is 0 Å². The number of hydrogen-bond acceptors (Lipinski definition) is 12. The molecule has 0 amide bonds. The maximum absolute atomic E-state index is 13.0. The molecule has 1 fully saturated rings. The normalized spacial score (nSPS) is 16.4. The van der Waals surface area contributed by atoms with Crippen molar-refractivity contribution in [2.24, 2.45) is 0 Å². The Morgan fingerprint density at radius 3 is 2.00 bits per heavy atom. The largest absolute Gasteiger partial charge is 0.495 e. The molecule has 1 aliphatic rings. The summed E-state index contributed by atoms with van der Waals surface area (Å²) in [7, 11) is 1.63. The van der Waals surface area contributed by atoms with Crippen molar-refractivity contribution in [2.45, 2.75) is 13.8 Å². The summed E-state index contributed by atoms with van der Waals surface area (Å²) in [6.45, 7) is 12.2. The van der Waals surface area contributed by atoms with Gasteiger partial charge in [0, 0.05) is 49.4 Å². The molecule has 0 unspecified atom stereocenters. The lowest BCUT2D eigenvalue weighted by molar-refractivity contribution is -0.0116. The van der Waals surface area contributed by atoms with Gasteiger partial charge in [-0.2, -0.15) is 0 Å². The molecule has 47 heavy (non-hydrogen) atoms. The fourth-order valence-corrected chi connectivity index (χ4v) is 5.33. The highest BCUT2D eigenvalue weighted by Gasteiger charge is 2.17. The Kier molecular flexibility index (Phi) is 13.0. The third-order valence-electron chi connectivity index (χ3n) is 7.89. The molecule has 13 heteroatoms. The fourth-order valence-electron chi connectivity index (χ4n) is 5.33. The molecule has 5 rings (SSSR count). The maximum atomic E-state index is 13.0. The summed E-state index contributed by atoms with van der Waals surface area (Å²) in [4.78, 5) is 17.4. The first-order valence-corrected chi connectivity index (χ1v) is 16.2. The molecule has 1 aliphatic heterocycles. The highest BCUT2D eigenvalue weighted by Crippen LogP contribution is 2.31. The predicted molar refractivity (Wildman–Crippen MR) is 179 cm³/mol. The molecule has 1 saturated heterocycles. The van der Waals surface area contributed by atoms with E-state index >= 15 is 0 Å². The molecule has 0 bridgehead atoms. The Bertz CT molecular complexity index is 1590.